The number of nitrogens with one attached hydrogen (secondary N) is 1. The number of amides is 1. The van der Waals surface area contributed by atoms with E-state index >= 15 is 0 Å². The molecule has 1 heterocycles. The van der Waals surface area contributed by atoms with Crippen molar-refractivity contribution in [2.75, 3.05) is 5.32 Å². The molecule has 1 amide bonds. The van der Waals surface area contributed by atoms with Crippen molar-refractivity contribution in [3.8, 4) is 16.6 Å². The summed E-state index contributed by atoms with van der Waals surface area (Å²) >= 11 is 1.64. The molecule has 0 radical (unpaired) electrons. The van der Waals surface area contributed by atoms with E-state index in [4.69, 9.17) is 5.26 Å². The first kappa shape index (κ1) is 16.0. The Hall–Kier alpha value is -3.49. The fourth-order valence-electron chi connectivity index (χ4n) is 2.63. The minimum atomic E-state index is -0.241. The fourth-order valence-corrected chi connectivity index (χ4v) is 3.60. The van der Waals surface area contributed by atoms with Crippen molar-refractivity contribution < 1.29 is 4.79 Å². The Kier molecular flexibility index (Phi) is 4.18. The number of benzene rings is 3. The van der Waals surface area contributed by atoms with Crippen molar-refractivity contribution in [1.82, 2.24) is 4.98 Å². The van der Waals surface area contributed by atoms with Gasteiger partial charge in [-0.2, -0.15) is 5.26 Å². The number of anilines is 1. The minimum Gasteiger partial charge on any atom is -0.322 e. The molecule has 0 unspecified atom stereocenters. The van der Waals surface area contributed by atoms with Gasteiger partial charge < -0.3 is 5.32 Å². The fraction of sp³-hybridized carbons (Fsp3) is 0. The zero-order chi connectivity index (χ0) is 17.9. The van der Waals surface area contributed by atoms with Crippen LogP contribution in [-0.2, 0) is 0 Å². The second kappa shape index (κ2) is 6.79. The van der Waals surface area contributed by atoms with Gasteiger partial charge in [-0.05, 0) is 54.6 Å². The maximum absolute atomic E-state index is 12.3. The Morgan fingerprint density at radius 3 is 2.58 bits per heavy atom. The molecule has 4 nitrogen and oxygen atoms in total. The van der Waals surface area contributed by atoms with E-state index in [-0.39, 0.29) is 5.91 Å². The van der Waals surface area contributed by atoms with Crippen LogP contribution >= 0.6 is 11.3 Å². The minimum absolute atomic E-state index is 0.241. The van der Waals surface area contributed by atoms with Gasteiger partial charge in [0, 0.05) is 16.8 Å². The number of hydrogen-bond acceptors (Lipinski definition) is 4. The summed E-state index contributed by atoms with van der Waals surface area (Å²) < 4.78 is 1.15. The second-order valence-electron chi connectivity index (χ2n) is 5.71. The topological polar surface area (TPSA) is 65.8 Å². The molecule has 3 aromatic carbocycles. The molecule has 1 N–H and O–H groups in total. The van der Waals surface area contributed by atoms with Crippen LogP contribution in [0.15, 0.2) is 72.8 Å². The summed E-state index contributed by atoms with van der Waals surface area (Å²) in [6.07, 6.45) is 0. The van der Waals surface area contributed by atoms with Crippen LogP contribution in [0.3, 0.4) is 0 Å². The van der Waals surface area contributed by atoms with Crippen molar-refractivity contribution in [3.63, 3.8) is 0 Å². The Morgan fingerprint density at radius 2 is 1.81 bits per heavy atom. The Balaban J connectivity index is 1.54. The first-order valence-corrected chi connectivity index (χ1v) is 8.82. The largest absolute Gasteiger partial charge is 0.322 e. The molecule has 0 spiro atoms. The van der Waals surface area contributed by atoms with Crippen LogP contribution in [0.5, 0.6) is 0 Å². The number of thiazole rings is 1. The van der Waals surface area contributed by atoms with Gasteiger partial charge in [-0.1, -0.05) is 18.2 Å². The lowest BCUT2D eigenvalue weighted by atomic mass is 10.1. The molecule has 124 valence electrons. The zero-order valence-electron chi connectivity index (χ0n) is 13.6. The molecule has 0 aliphatic heterocycles. The molecular weight excluding hydrogens is 342 g/mol. The van der Waals surface area contributed by atoms with Crippen LogP contribution < -0.4 is 5.32 Å². The van der Waals surface area contributed by atoms with Crippen LogP contribution in [0.1, 0.15) is 15.9 Å². The summed E-state index contributed by atoms with van der Waals surface area (Å²) in [4.78, 5) is 17.0. The average Bonchev–Trinajstić information content (AvgIpc) is 3.13. The van der Waals surface area contributed by atoms with Crippen LogP contribution in [0.2, 0.25) is 0 Å². The van der Waals surface area contributed by atoms with Gasteiger partial charge in [-0.25, -0.2) is 4.98 Å². The number of aromatic nitrogens is 1. The monoisotopic (exact) mass is 355 g/mol. The SMILES string of the molecule is N#Cc1cccc(C(=O)Nc2ccc(-c3nc4ccccc4s3)cc2)c1. The third-order valence-electron chi connectivity index (χ3n) is 3.94. The third kappa shape index (κ3) is 3.18. The number of hydrogen-bond donors (Lipinski definition) is 1. The summed E-state index contributed by atoms with van der Waals surface area (Å²) in [5.41, 5.74) is 3.61. The number of carbonyl (C=O) groups excluding carboxylic acids is 1. The molecule has 5 heteroatoms. The van der Waals surface area contributed by atoms with Crippen molar-refractivity contribution in [2.45, 2.75) is 0 Å². The maximum atomic E-state index is 12.3. The molecule has 0 aliphatic rings. The summed E-state index contributed by atoms with van der Waals surface area (Å²) in [5.74, 6) is -0.241. The van der Waals surface area contributed by atoms with Gasteiger partial charge in [0.1, 0.15) is 5.01 Å². The van der Waals surface area contributed by atoms with Gasteiger partial charge in [-0.3, -0.25) is 4.79 Å². The number of nitriles is 1. The van der Waals surface area contributed by atoms with E-state index in [9.17, 15) is 4.79 Å². The van der Waals surface area contributed by atoms with Gasteiger partial charge >= 0.3 is 0 Å². The summed E-state index contributed by atoms with van der Waals surface area (Å²) in [5, 5.41) is 12.7. The standard InChI is InChI=1S/C21H13N3OS/c22-13-14-4-3-5-16(12-14)20(25)23-17-10-8-15(9-11-17)21-24-18-6-1-2-7-19(18)26-21/h1-12H,(H,23,25). The van der Waals surface area contributed by atoms with Crippen LogP contribution in [0.25, 0.3) is 20.8 Å². The van der Waals surface area contributed by atoms with Crippen molar-refractivity contribution in [1.29, 1.82) is 5.26 Å². The smallest absolute Gasteiger partial charge is 0.255 e. The van der Waals surface area contributed by atoms with Crippen molar-refractivity contribution >= 4 is 33.1 Å². The molecule has 4 rings (SSSR count). The summed E-state index contributed by atoms with van der Waals surface area (Å²) in [7, 11) is 0. The third-order valence-corrected chi connectivity index (χ3v) is 5.02. The van der Waals surface area contributed by atoms with Crippen molar-refractivity contribution in [2.24, 2.45) is 0 Å². The molecular formula is C21H13N3OS. The van der Waals surface area contributed by atoms with Crippen LogP contribution in [-0.4, -0.2) is 10.9 Å². The first-order chi connectivity index (χ1) is 12.7. The second-order valence-corrected chi connectivity index (χ2v) is 6.74. The lowest BCUT2D eigenvalue weighted by Gasteiger charge is -2.06. The molecule has 0 aliphatic carbocycles. The van der Waals surface area contributed by atoms with E-state index < -0.39 is 0 Å². The lowest BCUT2D eigenvalue weighted by molar-refractivity contribution is 0.102. The maximum Gasteiger partial charge on any atom is 0.255 e. The van der Waals surface area contributed by atoms with Gasteiger partial charge in [0.25, 0.3) is 5.91 Å². The van der Waals surface area contributed by atoms with E-state index in [2.05, 4.69) is 16.4 Å². The molecule has 4 aromatic rings. The van der Waals surface area contributed by atoms with Gasteiger partial charge in [0.15, 0.2) is 0 Å². The molecule has 0 fully saturated rings. The average molecular weight is 355 g/mol. The highest BCUT2D eigenvalue weighted by atomic mass is 32.1. The zero-order valence-corrected chi connectivity index (χ0v) is 14.5. The Labute approximate surface area is 154 Å². The van der Waals surface area contributed by atoms with E-state index in [1.807, 2.05) is 48.5 Å². The number of rotatable bonds is 3. The van der Waals surface area contributed by atoms with E-state index in [0.29, 0.717) is 16.8 Å². The first-order valence-electron chi connectivity index (χ1n) is 8.00. The quantitative estimate of drug-likeness (QED) is 0.557. The lowest BCUT2D eigenvalue weighted by Crippen LogP contribution is -2.11. The number of fused-ring (bicyclic) bond motifs is 1. The molecule has 0 saturated carbocycles. The van der Waals surface area contributed by atoms with E-state index in [0.717, 1.165) is 20.8 Å². The number of carbonyl (C=O) groups is 1. The van der Waals surface area contributed by atoms with Gasteiger partial charge in [-0.15, -0.1) is 11.3 Å². The molecule has 26 heavy (non-hydrogen) atoms. The van der Waals surface area contributed by atoms with Gasteiger partial charge in [0.05, 0.1) is 21.8 Å². The van der Waals surface area contributed by atoms with Crippen LogP contribution in [0, 0.1) is 11.3 Å². The molecule has 1 aromatic heterocycles. The number of para-hydroxylation sites is 1. The number of nitrogens with zero attached hydrogens (tertiary/aromatic N) is 2. The van der Waals surface area contributed by atoms with Gasteiger partial charge in [0.2, 0.25) is 0 Å². The predicted molar refractivity (Wildman–Crippen MR) is 104 cm³/mol. The van der Waals surface area contributed by atoms with Crippen molar-refractivity contribution in [3.05, 3.63) is 83.9 Å². The highest BCUT2D eigenvalue weighted by molar-refractivity contribution is 7.21. The van der Waals surface area contributed by atoms with E-state index in [1.165, 1.54) is 0 Å². The Morgan fingerprint density at radius 1 is 1.00 bits per heavy atom. The summed E-state index contributed by atoms with van der Waals surface area (Å²) in [6.45, 7) is 0. The molecule has 0 atom stereocenters. The highest BCUT2D eigenvalue weighted by Gasteiger charge is 2.09. The summed E-state index contributed by atoms with van der Waals surface area (Å²) in [6, 6.07) is 24.3. The predicted octanol–water partition coefficient (Wildman–Crippen LogP) is 5.09. The normalized spacial score (nSPS) is 10.4. The molecule has 0 bridgehead atoms. The van der Waals surface area contributed by atoms with Crippen LogP contribution in [0.4, 0.5) is 5.69 Å². The highest BCUT2D eigenvalue weighted by Crippen LogP contribution is 2.30. The molecule has 0 saturated heterocycles. The Bertz CT molecular complexity index is 1110. The van der Waals surface area contributed by atoms with E-state index in [1.54, 1.807) is 35.6 Å².